The molecule has 8 heteroatoms. The summed E-state index contributed by atoms with van der Waals surface area (Å²) in [5.41, 5.74) is 4.56. The predicted molar refractivity (Wildman–Crippen MR) is 51.7 cm³/mol. The summed E-state index contributed by atoms with van der Waals surface area (Å²) in [7, 11) is 0. The Balaban J connectivity index is 0.000000265. The van der Waals surface area contributed by atoms with E-state index < -0.39 is 6.03 Å². The third-order valence-corrected chi connectivity index (χ3v) is 1.28. The molecular weight excluding hydrogens is 204 g/mol. The molecule has 0 aromatic carbocycles. The maximum Gasteiger partial charge on any atom is 0.335 e. The van der Waals surface area contributed by atoms with Crippen molar-refractivity contribution in [3.8, 4) is 0 Å². The van der Waals surface area contributed by atoms with Gasteiger partial charge in [0.1, 0.15) is 0 Å². The van der Waals surface area contributed by atoms with Crippen molar-refractivity contribution >= 4 is 11.9 Å². The molecule has 0 aromatic rings. The zero-order chi connectivity index (χ0) is 11.5. The highest BCUT2D eigenvalue weighted by Gasteiger charge is 2.11. The average molecular weight is 220 g/mol. The highest BCUT2D eigenvalue weighted by atomic mass is 16.3. The summed E-state index contributed by atoms with van der Waals surface area (Å²) < 4.78 is 0. The molecule has 15 heavy (non-hydrogen) atoms. The maximum atomic E-state index is 10.2. The van der Waals surface area contributed by atoms with Gasteiger partial charge in [0, 0.05) is 13.1 Å². The zero-order valence-corrected chi connectivity index (χ0v) is 8.25. The topological polar surface area (TPSA) is 123 Å². The van der Waals surface area contributed by atoms with Crippen LogP contribution in [0.2, 0.25) is 0 Å². The number of imide groups is 1. The Morgan fingerprint density at radius 1 is 1.20 bits per heavy atom. The lowest BCUT2D eigenvalue weighted by Gasteiger charge is -2.12. The number of carbonyl (C=O) groups excluding carboxylic acids is 2. The monoisotopic (exact) mass is 220 g/mol. The Morgan fingerprint density at radius 3 is 2.13 bits per heavy atom. The van der Waals surface area contributed by atoms with Gasteiger partial charge in [0.25, 0.3) is 0 Å². The van der Waals surface area contributed by atoms with Gasteiger partial charge in [-0.25, -0.2) is 10.2 Å². The number of carbonyl (C=O) groups is 2. The fourth-order valence-electron chi connectivity index (χ4n) is 0.690. The van der Waals surface area contributed by atoms with Gasteiger partial charge in [-0.1, -0.05) is 0 Å². The molecule has 1 saturated heterocycles. The van der Waals surface area contributed by atoms with E-state index in [1.54, 1.807) is 0 Å². The molecule has 88 valence electrons. The molecule has 0 aliphatic carbocycles. The van der Waals surface area contributed by atoms with Crippen molar-refractivity contribution in [2.75, 3.05) is 32.8 Å². The molecule has 0 unspecified atom stereocenters. The van der Waals surface area contributed by atoms with E-state index in [1.807, 2.05) is 5.32 Å². The van der Waals surface area contributed by atoms with Crippen LogP contribution in [0.1, 0.15) is 0 Å². The number of aliphatic hydroxyl groups is 2. The van der Waals surface area contributed by atoms with Crippen LogP contribution in [0.3, 0.4) is 0 Å². The average Bonchev–Trinajstić information content (AvgIpc) is 2.19. The van der Waals surface area contributed by atoms with E-state index in [-0.39, 0.29) is 25.7 Å². The molecule has 0 spiro atoms. The first-order chi connectivity index (χ1) is 7.20. The molecule has 1 aliphatic rings. The summed E-state index contributed by atoms with van der Waals surface area (Å²) in [6.07, 6.45) is 0. The molecule has 0 atom stereocenters. The number of urea groups is 1. The Bertz CT molecular complexity index is 181. The Hall–Kier alpha value is -1.22. The van der Waals surface area contributed by atoms with E-state index in [9.17, 15) is 9.59 Å². The van der Waals surface area contributed by atoms with Crippen molar-refractivity contribution in [2.45, 2.75) is 0 Å². The summed E-state index contributed by atoms with van der Waals surface area (Å²) in [5.74, 6) is -0.311. The minimum atomic E-state index is -0.499. The number of hydrazine groups is 1. The second kappa shape index (κ2) is 9.34. The molecule has 1 aliphatic heterocycles. The zero-order valence-electron chi connectivity index (χ0n) is 8.25. The van der Waals surface area contributed by atoms with Crippen molar-refractivity contribution in [3.05, 3.63) is 0 Å². The summed E-state index contributed by atoms with van der Waals surface area (Å²) >= 11 is 0. The lowest BCUT2D eigenvalue weighted by Crippen LogP contribution is -2.56. The molecule has 0 saturated carbocycles. The summed E-state index contributed by atoms with van der Waals surface area (Å²) in [4.78, 5) is 20.4. The van der Waals surface area contributed by atoms with Gasteiger partial charge in [-0.15, -0.1) is 0 Å². The molecule has 0 bridgehead atoms. The normalized spacial score (nSPS) is 14.8. The van der Waals surface area contributed by atoms with E-state index in [4.69, 9.17) is 10.2 Å². The standard InChI is InChI=1S/C4H11NO2.C3H5N3O2/c6-3-1-5-2-4-7;7-2-1-4-6-3(8)5-2/h5-7H,1-4H2;4H,1H2,(H2,5,6,7,8). The number of hydrogen-bond donors (Lipinski definition) is 6. The molecule has 1 rings (SSSR count). The molecule has 1 fully saturated rings. The summed E-state index contributed by atoms with van der Waals surface area (Å²) in [6, 6.07) is -0.499. The summed E-state index contributed by atoms with van der Waals surface area (Å²) in [5, 5.41) is 21.1. The molecule has 0 radical (unpaired) electrons. The third kappa shape index (κ3) is 9.09. The van der Waals surface area contributed by atoms with Crippen molar-refractivity contribution in [1.82, 2.24) is 21.5 Å². The minimum absolute atomic E-state index is 0.139. The van der Waals surface area contributed by atoms with Crippen molar-refractivity contribution < 1.29 is 19.8 Å². The Morgan fingerprint density at radius 2 is 1.80 bits per heavy atom. The number of amides is 3. The van der Waals surface area contributed by atoms with Crippen molar-refractivity contribution in [2.24, 2.45) is 0 Å². The van der Waals surface area contributed by atoms with Crippen LogP contribution in [-0.4, -0.2) is 55.0 Å². The second-order valence-electron chi connectivity index (χ2n) is 2.55. The summed E-state index contributed by atoms with van der Waals surface area (Å²) in [6.45, 7) is 1.56. The van der Waals surface area contributed by atoms with Gasteiger partial charge < -0.3 is 15.5 Å². The number of aliphatic hydroxyl groups excluding tert-OH is 2. The number of nitrogens with one attached hydrogen (secondary N) is 4. The fourth-order valence-corrected chi connectivity index (χ4v) is 0.690. The third-order valence-electron chi connectivity index (χ3n) is 1.28. The van der Waals surface area contributed by atoms with E-state index in [0.29, 0.717) is 13.1 Å². The van der Waals surface area contributed by atoms with E-state index in [0.717, 1.165) is 0 Å². The number of rotatable bonds is 4. The van der Waals surface area contributed by atoms with Gasteiger partial charge in [0.15, 0.2) is 0 Å². The largest absolute Gasteiger partial charge is 0.395 e. The fraction of sp³-hybridized carbons (Fsp3) is 0.714. The molecule has 8 nitrogen and oxygen atoms in total. The first kappa shape index (κ1) is 13.8. The maximum absolute atomic E-state index is 10.2. The molecule has 0 aromatic heterocycles. The van der Waals surface area contributed by atoms with E-state index in [1.165, 1.54) is 0 Å². The van der Waals surface area contributed by atoms with E-state index in [2.05, 4.69) is 16.2 Å². The van der Waals surface area contributed by atoms with Gasteiger partial charge in [0.2, 0.25) is 5.91 Å². The molecule has 6 N–H and O–H groups in total. The van der Waals surface area contributed by atoms with Crippen LogP contribution in [0.25, 0.3) is 0 Å². The Labute approximate surface area is 87.0 Å². The van der Waals surface area contributed by atoms with Crippen molar-refractivity contribution in [3.63, 3.8) is 0 Å². The van der Waals surface area contributed by atoms with Crippen LogP contribution >= 0.6 is 0 Å². The van der Waals surface area contributed by atoms with Crippen molar-refractivity contribution in [1.29, 1.82) is 0 Å². The molecule has 3 amide bonds. The first-order valence-corrected chi connectivity index (χ1v) is 4.45. The molecular formula is C7H16N4O4. The van der Waals surface area contributed by atoms with Crippen LogP contribution in [-0.2, 0) is 4.79 Å². The van der Waals surface area contributed by atoms with E-state index >= 15 is 0 Å². The minimum Gasteiger partial charge on any atom is -0.395 e. The predicted octanol–water partition coefficient (Wildman–Crippen LogP) is -3.11. The molecule has 1 heterocycles. The van der Waals surface area contributed by atoms with Gasteiger partial charge in [-0.05, 0) is 0 Å². The van der Waals surface area contributed by atoms with Crippen LogP contribution in [0.5, 0.6) is 0 Å². The smallest absolute Gasteiger partial charge is 0.335 e. The highest BCUT2D eigenvalue weighted by molar-refractivity contribution is 5.96. The van der Waals surface area contributed by atoms with Gasteiger partial charge >= 0.3 is 6.03 Å². The highest BCUT2D eigenvalue weighted by Crippen LogP contribution is 1.69. The first-order valence-electron chi connectivity index (χ1n) is 4.45. The van der Waals surface area contributed by atoms with Crippen LogP contribution < -0.4 is 21.5 Å². The van der Waals surface area contributed by atoms with Gasteiger partial charge in [-0.3, -0.25) is 15.5 Å². The lowest BCUT2D eigenvalue weighted by molar-refractivity contribution is -0.120. The SMILES string of the molecule is O=C1CNNC(=O)N1.OCCNCCO. The lowest BCUT2D eigenvalue weighted by atomic mass is 10.6. The Kier molecular flexibility index (Phi) is 8.58. The second-order valence-corrected chi connectivity index (χ2v) is 2.55. The quantitative estimate of drug-likeness (QED) is 0.279. The van der Waals surface area contributed by atoms with Gasteiger partial charge in [0.05, 0.1) is 19.8 Å². The number of hydrogen-bond acceptors (Lipinski definition) is 6. The van der Waals surface area contributed by atoms with Gasteiger partial charge in [-0.2, -0.15) is 0 Å². The van der Waals surface area contributed by atoms with Crippen LogP contribution in [0, 0.1) is 0 Å². The van der Waals surface area contributed by atoms with Crippen LogP contribution in [0.15, 0.2) is 0 Å². The van der Waals surface area contributed by atoms with Crippen LogP contribution in [0.4, 0.5) is 4.79 Å².